The molecule has 2 aromatic heterocycles. The number of aryl methyl sites for hydroxylation is 2. The van der Waals surface area contributed by atoms with Crippen LogP contribution in [0.25, 0.3) is 0 Å². The van der Waals surface area contributed by atoms with Gasteiger partial charge in [-0.25, -0.2) is 9.97 Å². The van der Waals surface area contributed by atoms with Gasteiger partial charge in [-0.15, -0.1) is 0 Å². The normalized spacial score (nSPS) is 11.9. The van der Waals surface area contributed by atoms with Gasteiger partial charge in [-0.2, -0.15) is 0 Å². The van der Waals surface area contributed by atoms with E-state index in [1.165, 1.54) is 62.0 Å². The fraction of sp³-hybridized carbons (Fsp3) is 0.586. The van der Waals surface area contributed by atoms with Crippen molar-refractivity contribution in [1.82, 2.24) is 34.2 Å². The number of nitrogens with one attached hydrogen (secondary N) is 1. The topological polar surface area (TPSA) is 56.2 Å². The maximum absolute atomic E-state index is 4.53. The lowest BCUT2D eigenvalue weighted by Gasteiger charge is -2.23. The summed E-state index contributed by atoms with van der Waals surface area (Å²) in [5.74, 6) is 2.04. The van der Waals surface area contributed by atoms with E-state index < -0.39 is 0 Å². The predicted molar refractivity (Wildman–Crippen MR) is 149 cm³/mol. The third-order valence-corrected chi connectivity index (χ3v) is 6.81. The maximum atomic E-state index is 4.53. The quantitative estimate of drug-likeness (QED) is 0.269. The lowest BCUT2D eigenvalue weighted by Crippen LogP contribution is -2.27. The van der Waals surface area contributed by atoms with Crippen LogP contribution >= 0.6 is 0 Å². The first kappa shape index (κ1) is 28.1. The minimum atomic E-state index is 0.761. The third-order valence-electron chi connectivity index (χ3n) is 6.81. The van der Waals surface area contributed by atoms with E-state index in [0.717, 1.165) is 44.4 Å². The van der Waals surface area contributed by atoms with E-state index in [9.17, 15) is 0 Å². The first-order chi connectivity index (χ1) is 17.5. The second-order valence-corrected chi connectivity index (χ2v) is 10.2. The van der Waals surface area contributed by atoms with Crippen LogP contribution in [0.5, 0.6) is 0 Å². The van der Waals surface area contributed by atoms with Gasteiger partial charge >= 0.3 is 0 Å². The van der Waals surface area contributed by atoms with Crippen molar-refractivity contribution < 1.29 is 0 Å². The number of imidazole rings is 2. The summed E-state index contributed by atoms with van der Waals surface area (Å²) in [4.78, 5) is 19.7. The molecule has 0 spiro atoms. The summed E-state index contributed by atoms with van der Waals surface area (Å²) in [6.45, 7) is 15.0. The Morgan fingerprint density at radius 2 is 1.64 bits per heavy atom. The third kappa shape index (κ3) is 9.19. The van der Waals surface area contributed by atoms with Crippen LogP contribution in [0.2, 0.25) is 0 Å². The zero-order chi connectivity index (χ0) is 25.8. The Morgan fingerprint density at radius 1 is 0.861 bits per heavy atom. The summed E-state index contributed by atoms with van der Waals surface area (Å²) >= 11 is 0. The molecule has 7 nitrogen and oxygen atoms in total. The van der Waals surface area contributed by atoms with Gasteiger partial charge in [0.2, 0.25) is 0 Å². The van der Waals surface area contributed by atoms with Crippen LogP contribution in [0.4, 0.5) is 0 Å². The lowest BCUT2D eigenvalue weighted by molar-refractivity contribution is 0.233. The fourth-order valence-corrected chi connectivity index (χ4v) is 4.86. The summed E-state index contributed by atoms with van der Waals surface area (Å²) in [6.07, 6.45) is 12.6. The van der Waals surface area contributed by atoms with Gasteiger partial charge in [0, 0.05) is 44.9 Å². The van der Waals surface area contributed by atoms with Crippen molar-refractivity contribution in [3.63, 3.8) is 0 Å². The highest BCUT2D eigenvalue weighted by Gasteiger charge is 2.13. The first-order valence-electron chi connectivity index (χ1n) is 13.6. The minimum absolute atomic E-state index is 0.761. The van der Waals surface area contributed by atoms with Gasteiger partial charge in [-0.1, -0.05) is 32.0 Å². The fourth-order valence-electron chi connectivity index (χ4n) is 4.86. The molecule has 1 N–H and O–H groups in total. The molecule has 198 valence electrons. The Balaban J connectivity index is 1.52. The predicted octanol–water partition coefficient (Wildman–Crippen LogP) is 4.99. The number of unbranched alkanes of at least 4 members (excludes halogenated alkanes) is 1. The van der Waals surface area contributed by atoms with Crippen LogP contribution in [-0.4, -0.2) is 67.4 Å². The average molecular weight is 494 g/mol. The zero-order valence-corrected chi connectivity index (χ0v) is 23.2. The van der Waals surface area contributed by atoms with Gasteiger partial charge in [0.05, 0.1) is 13.1 Å². The molecule has 3 rings (SSSR count). The van der Waals surface area contributed by atoms with E-state index in [-0.39, 0.29) is 0 Å². The molecule has 7 heteroatoms. The largest absolute Gasteiger partial charge is 0.348 e. The monoisotopic (exact) mass is 493 g/mol. The molecule has 1 aromatic carbocycles. The van der Waals surface area contributed by atoms with Gasteiger partial charge in [0.25, 0.3) is 0 Å². The number of rotatable bonds is 17. The number of aromatic amines is 1. The summed E-state index contributed by atoms with van der Waals surface area (Å²) in [7, 11) is 4.30. The molecule has 0 saturated carbocycles. The molecule has 0 radical (unpaired) electrons. The number of hydrogen-bond acceptors (Lipinski definition) is 5. The second kappa shape index (κ2) is 14.9. The molecular formula is C29H47N7. The molecule has 0 unspecified atom stereocenters. The van der Waals surface area contributed by atoms with Gasteiger partial charge in [-0.05, 0) is 82.5 Å². The lowest BCUT2D eigenvalue weighted by atomic mass is 10.0. The number of hydrogen-bond donors (Lipinski definition) is 1. The Morgan fingerprint density at radius 3 is 2.28 bits per heavy atom. The van der Waals surface area contributed by atoms with Crippen LogP contribution in [0.1, 0.15) is 67.9 Å². The van der Waals surface area contributed by atoms with E-state index in [2.05, 4.69) is 87.3 Å². The Labute approximate surface area is 218 Å². The SMILES string of the molecule is CCCN(CCC)CCCCN(C)Cc1ccc(CN(Cc2ncc[nH]2)Cc2nccn2C)cc1C. The molecule has 0 fully saturated rings. The van der Waals surface area contributed by atoms with Crippen LogP contribution in [0.3, 0.4) is 0 Å². The summed E-state index contributed by atoms with van der Waals surface area (Å²) in [5.41, 5.74) is 4.11. The van der Waals surface area contributed by atoms with Crippen LogP contribution in [0, 0.1) is 6.92 Å². The van der Waals surface area contributed by atoms with Crippen molar-refractivity contribution in [1.29, 1.82) is 0 Å². The van der Waals surface area contributed by atoms with Crippen molar-refractivity contribution in [2.75, 3.05) is 33.2 Å². The number of H-pyrrole nitrogens is 1. The molecule has 3 aromatic rings. The van der Waals surface area contributed by atoms with E-state index in [1.807, 2.05) is 24.8 Å². The standard InChI is InChI=1S/C29H47N7/c1-6-15-35(16-7-2)18-9-8-17-33(4)22-27-11-10-26(20-25(27)3)21-36(23-28-30-12-13-31-28)24-29-32-14-19-34(29)5/h10-14,19-20H,6-9,15-18,21-24H2,1-5H3,(H,30,31). The second-order valence-electron chi connectivity index (χ2n) is 10.2. The zero-order valence-electron chi connectivity index (χ0n) is 23.2. The number of benzene rings is 1. The highest BCUT2D eigenvalue weighted by molar-refractivity contribution is 5.31. The smallest absolute Gasteiger partial charge is 0.122 e. The Hall–Kier alpha value is -2.48. The first-order valence-corrected chi connectivity index (χ1v) is 13.6. The van der Waals surface area contributed by atoms with Gasteiger partial charge in [0.1, 0.15) is 11.6 Å². The summed E-state index contributed by atoms with van der Waals surface area (Å²) in [6, 6.07) is 6.96. The van der Waals surface area contributed by atoms with E-state index >= 15 is 0 Å². The van der Waals surface area contributed by atoms with E-state index in [1.54, 1.807) is 0 Å². The summed E-state index contributed by atoms with van der Waals surface area (Å²) < 4.78 is 2.09. The minimum Gasteiger partial charge on any atom is -0.348 e. The molecule has 0 aliphatic rings. The van der Waals surface area contributed by atoms with Gasteiger partial charge in [-0.3, -0.25) is 4.90 Å². The van der Waals surface area contributed by atoms with Crippen LogP contribution in [0.15, 0.2) is 43.0 Å². The maximum Gasteiger partial charge on any atom is 0.122 e. The van der Waals surface area contributed by atoms with Crippen molar-refractivity contribution in [2.24, 2.45) is 7.05 Å². The molecule has 0 bridgehead atoms. The molecule has 0 amide bonds. The van der Waals surface area contributed by atoms with Crippen molar-refractivity contribution in [3.8, 4) is 0 Å². The Bertz CT molecular complexity index is 989. The van der Waals surface area contributed by atoms with Crippen molar-refractivity contribution >= 4 is 0 Å². The van der Waals surface area contributed by atoms with Gasteiger partial charge in [0.15, 0.2) is 0 Å². The number of aromatic nitrogens is 4. The molecule has 2 heterocycles. The average Bonchev–Trinajstić information content (AvgIpc) is 3.50. The van der Waals surface area contributed by atoms with Crippen molar-refractivity contribution in [2.45, 2.75) is 72.6 Å². The number of nitrogens with zero attached hydrogens (tertiary/aromatic N) is 6. The molecular weight excluding hydrogens is 446 g/mol. The Kier molecular flexibility index (Phi) is 11.7. The summed E-state index contributed by atoms with van der Waals surface area (Å²) in [5, 5.41) is 0. The van der Waals surface area contributed by atoms with Crippen LogP contribution < -0.4 is 0 Å². The molecule has 0 aliphatic carbocycles. The van der Waals surface area contributed by atoms with Crippen molar-refractivity contribution in [3.05, 3.63) is 71.3 Å². The van der Waals surface area contributed by atoms with Gasteiger partial charge < -0.3 is 19.4 Å². The molecule has 0 atom stereocenters. The molecule has 36 heavy (non-hydrogen) atoms. The highest BCUT2D eigenvalue weighted by atomic mass is 15.2. The highest BCUT2D eigenvalue weighted by Crippen LogP contribution is 2.17. The molecule has 0 aliphatic heterocycles. The van der Waals surface area contributed by atoms with Crippen LogP contribution in [-0.2, 0) is 33.2 Å². The van der Waals surface area contributed by atoms with E-state index in [4.69, 9.17) is 0 Å². The molecule has 0 saturated heterocycles. The van der Waals surface area contributed by atoms with E-state index in [0.29, 0.717) is 0 Å².